The van der Waals surface area contributed by atoms with Gasteiger partial charge in [0.1, 0.15) is 17.7 Å². The third-order valence-electron chi connectivity index (χ3n) is 4.58. The molecular formula is C18H17FN2O3. The Bertz CT molecular complexity index is 765. The maximum atomic E-state index is 13.0. The fraction of sp³-hybridized carbons (Fsp3) is 0.278. The summed E-state index contributed by atoms with van der Waals surface area (Å²) in [4.78, 5) is 12.3. The van der Waals surface area contributed by atoms with E-state index in [4.69, 9.17) is 4.74 Å². The highest BCUT2D eigenvalue weighted by Crippen LogP contribution is 2.37. The van der Waals surface area contributed by atoms with Crippen LogP contribution in [0.2, 0.25) is 0 Å². The van der Waals surface area contributed by atoms with E-state index in [1.54, 1.807) is 0 Å². The summed E-state index contributed by atoms with van der Waals surface area (Å²) in [6.45, 7) is 0. The zero-order valence-corrected chi connectivity index (χ0v) is 12.8. The molecule has 0 aromatic heterocycles. The predicted octanol–water partition coefficient (Wildman–Crippen LogP) is 1.93. The van der Waals surface area contributed by atoms with Gasteiger partial charge in [-0.2, -0.15) is 0 Å². The van der Waals surface area contributed by atoms with E-state index < -0.39 is 18.0 Å². The summed E-state index contributed by atoms with van der Waals surface area (Å²) in [6.07, 6.45) is -0.485. The molecule has 6 heteroatoms. The highest BCUT2D eigenvalue weighted by Gasteiger charge is 2.46. The summed E-state index contributed by atoms with van der Waals surface area (Å²) < 4.78 is 18.9. The van der Waals surface area contributed by atoms with Crippen LogP contribution >= 0.6 is 0 Å². The second-order valence-electron chi connectivity index (χ2n) is 6.14. The van der Waals surface area contributed by atoms with Crippen molar-refractivity contribution in [2.75, 3.05) is 5.32 Å². The van der Waals surface area contributed by atoms with Gasteiger partial charge in [0.15, 0.2) is 0 Å². The van der Waals surface area contributed by atoms with Crippen LogP contribution < -0.4 is 15.4 Å². The van der Waals surface area contributed by atoms with Gasteiger partial charge in [0.05, 0.1) is 23.9 Å². The number of benzene rings is 2. The second-order valence-corrected chi connectivity index (χ2v) is 6.14. The number of aliphatic hydroxyl groups excluding tert-OH is 1. The Labute approximate surface area is 138 Å². The molecule has 0 bridgehead atoms. The van der Waals surface area contributed by atoms with Crippen LogP contribution in [0.15, 0.2) is 48.5 Å². The monoisotopic (exact) mass is 328 g/mol. The lowest BCUT2D eigenvalue weighted by atomic mass is 10.1. The van der Waals surface area contributed by atoms with Crippen molar-refractivity contribution in [3.05, 3.63) is 59.9 Å². The van der Waals surface area contributed by atoms with E-state index in [0.29, 0.717) is 12.0 Å². The molecule has 24 heavy (non-hydrogen) atoms. The van der Waals surface area contributed by atoms with Gasteiger partial charge in [0, 0.05) is 12.0 Å². The third kappa shape index (κ3) is 2.59. The van der Waals surface area contributed by atoms with Gasteiger partial charge in [0.25, 0.3) is 5.91 Å². The molecule has 1 aliphatic carbocycles. The number of fused-ring (bicyclic) bond motifs is 2. The van der Waals surface area contributed by atoms with Crippen molar-refractivity contribution in [1.29, 1.82) is 0 Å². The van der Waals surface area contributed by atoms with Crippen molar-refractivity contribution in [1.82, 2.24) is 5.32 Å². The number of ether oxygens (including phenoxy) is 1. The minimum atomic E-state index is -0.771. The van der Waals surface area contributed by atoms with Gasteiger partial charge in [-0.15, -0.1) is 0 Å². The number of hydrogen-bond donors (Lipinski definition) is 3. The number of aliphatic hydroxyl groups is 1. The molecule has 0 spiro atoms. The molecule has 4 atom stereocenters. The predicted molar refractivity (Wildman–Crippen MR) is 86.5 cm³/mol. The number of halogens is 1. The molecule has 1 saturated carbocycles. The normalized spacial score (nSPS) is 27.4. The molecule has 1 fully saturated rings. The molecule has 1 aliphatic heterocycles. The van der Waals surface area contributed by atoms with Gasteiger partial charge in [-0.05, 0) is 36.4 Å². The summed E-state index contributed by atoms with van der Waals surface area (Å²) in [5.74, 6) is 0.0144. The second kappa shape index (κ2) is 5.79. The highest BCUT2D eigenvalue weighted by molar-refractivity contribution is 5.94. The molecule has 0 saturated heterocycles. The molecule has 1 amide bonds. The van der Waals surface area contributed by atoms with Crippen molar-refractivity contribution in [2.45, 2.75) is 30.7 Å². The van der Waals surface area contributed by atoms with Crippen LogP contribution in [0.5, 0.6) is 5.75 Å². The van der Waals surface area contributed by atoms with E-state index >= 15 is 0 Å². The molecule has 1 heterocycles. The van der Waals surface area contributed by atoms with Crippen molar-refractivity contribution < 1.29 is 19.0 Å². The first kappa shape index (κ1) is 15.0. The van der Waals surface area contributed by atoms with Crippen LogP contribution in [0.25, 0.3) is 0 Å². The van der Waals surface area contributed by atoms with Crippen molar-refractivity contribution in [3.8, 4) is 5.75 Å². The van der Waals surface area contributed by atoms with Crippen molar-refractivity contribution >= 4 is 11.6 Å². The minimum absolute atomic E-state index is 0.214. The number of amides is 1. The van der Waals surface area contributed by atoms with Crippen LogP contribution in [-0.2, 0) is 0 Å². The average molecular weight is 328 g/mol. The molecule has 2 aromatic rings. The van der Waals surface area contributed by atoms with E-state index in [2.05, 4.69) is 10.6 Å². The fourth-order valence-corrected chi connectivity index (χ4v) is 3.33. The minimum Gasteiger partial charge on any atom is -0.486 e. The molecule has 4 rings (SSSR count). The Morgan fingerprint density at radius 1 is 1.21 bits per heavy atom. The van der Waals surface area contributed by atoms with Gasteiger partial charge in [0.2, 0.25) is 0 Å². The van der Waals surface area contributed by atoms with E-state index in [1.807, 2.05) is 24.3 Å². The molecule has 2 aromatic carbocycles. The first-order chi connectivity index (χ1) is 11.6. The topological polar surface area (TPSA) is 70.6 Å². The standard InChI is InChI=1S/C18H17FN2O3/c19-11-7-5-10(6-8-11)18(23)21-13-9-15-16(17(13)22)20-12-3-1-2-4-14(12)24-15/h1-8,13,15-17,20,22H,9H2,(H,21,23)/t13-,15-,16-,17-/m1/s1. The summed E-state index contributed by atoms with van der Waals surface area (Å²) in [7, 11) is 0. The largest absolute Gasteiger partial charge is 0.486 e. The van der Waals surface area contributed by atoms with Crippen LogP contribution in [0.1, 0.15) is 16.8 Å². The van der Waals surface area contributed by atoms with E-state index in [-0.39, 0.29) is 18.1 Å². The van der Waals surface area contributed by atoms with Crippen molar-refractivity contribution in [3.63, 3.8) is 0 Å². The van der Waals surface area contributed by atoms with Crippen LogP contribution in [-0.4, -0.2) is 35.3 Å². The number of anilines is 1. The fourth-order valence-electron chi connectivity index (χ4n) is 3.33. The molecule has 5 nitrogen and oxygen atoms in total. The molecular weight excluding hydrogens is 311 g/mol. The molecule has 3 N–H and O–H groups in total. The van der Waals surface area contributed by atoms with Crippen molar-refractivity contribution in [2.24, 2.45) is 0 Å². The SMILES string of the molecule is O=C(N[C@@H]1C[C@H]2Oc3ccccc3N[C@H]2[C@@H]1O)c1ccc(F)cc1. The number of rotatable bonds is 2. The van der Waals surface area contributed by atoms with Crippen LogP contribution in [0.4, 0.5) is 10.1 Å². The van der Waals surface area contributed by atoms with Crippen LogP contribution in [0, 0.1) is 5.82 Å². The highest BCUT2D eigenvalue weighted by atomic mass is 19.1. The maximum Gasteiger partial charge on any atom is 0.251 e. The Morgan fingerprint density at radius 2 is 1.96 bits per heavy atom. The Balaban J connectivity index is 1.47. The van der Waals surface area contributed by atoms with E-state index in [1.165, 1.54) is 24.3 Å². The van der Waals surface area contributed by atoms with Gasteiger partial charge in [-0.3, -0.25) is 4.79 Å². The lowest BCUT2D eigenvalue weighted by Gasteiger charge is -2.31. The zero-order chi connectivity index (χ0) is 16.7. The smallest absolute Gasteiger partial charge is 0.251 e. The van der Waals surface area contributed by atoms with Gasteiger partial charge < -0.3 is 20.5 Å². The number of para-hydroxylation sites is 2. The lowest BCUT2D eigenvalue weighted by molar-refractivity contribution is 0.0853. The Kier molecular flexibility index (Phi) is 3.61. The third-order valence-corrected chi connectivity index (χ3v) is 4.58. The maximum absolute atomic E-state index is 13.0. The number of carbonyl (C=O) groups excluding carboxylic acids is 1. The first-order valence-corrected chi connectivity index (χ1v) is 7.88. The molecule has 124 valence electrons. The van der Waals surface area contributed by atoms with E-state index in [9.17, 15) is 14.3 Å². The lowest BCUT2D eigenvalue weighted by Crippen LogP contribution is -2.47. The first-order valence-electron chi connectivity index (χ1n) is 7.88. The Hall–Kier alpha value is -2.60. The number of carbonyl (C=O) groups is 1. The molecule has 2 aliphatic rings. The summed E-state index contributed by atoms with van der Waals surface area (Å²) in [6, 6.07) is 12.1. The van der Waals surface area contributed by atoms with Gasteiger partial charge in [-0.1, -0.05) is 12.1 Å². The summed E-state index contributed by atoms with van der Waals surface area (Å²) in [5, 5.41) is 16.6. The number of hydrogen-bond acceptors (Lipinski definition) is 4. The Morgan fingerprint density at radius 3 is 2.75 bits per heavy atom. The van der Waals surface area contributed by atoms with E-state index in [0.717, 1.165) is 11.4 Å². The quantitative estimate of drug-likeness (QED) is 0.788. The molecule has 0 unspecified atom stereocenters. The van der Waals surface area contributed by atoms with Crippen LogP contribution in [0.3, 0.4) is 0 Å². The summed E-state index contributed by atoms with van der Waals surface area (Å²) >= 11 is 0. The average Bonchev–Trinajstić information content (AvgIpc) is 2.89. The summed E-state index contributed by atoms with van der Waals surface area (Å²) in [5.41, 5.74) is 1.19. The molecule has 0 radical (unpaired) electrons. The number of nitrogens with one attached hydrogen (secondary N) is 2. The van der Waals surface area contributed by atoms with Gasteiger partial charge in [-0.25, -0.2) is 4.39 Å². The van der Waals surface area contributed by atoms with Gasteiger partial charge >= 0.3 is 0 Å². The zero-order valence-electron chi connectivity index (χ0n) is 12.8.